The van der Waals surface area contributed by atoms with E-state index in [1.807, 2.05) is 29.4 Å². The van der Waals surface area contributed by atoms with Gasteiger partial charge < -0.3 is 23.7 Å². The van der Waals surface area contributed by atoms with Crippen LogP contribution in [0.3, 0.4) is 0 Å². The molecule has 1 aromatic rings. The summed E-state index contributed by atoms with van der Waals surface area (Å²) in [5.74, 6) is -0.339. The minimum absolute atomic E-state index is 0.00832. The van der Waals surface area contributed by atoms with E-state index in [4.69, 9.17) is 24.0 Å². The van der Waals surface area contributed by atoms with Gasteiger partial charge in [-0.15, -0.1) is 0 Å². The fourth-order valence-corrected chi connectivity index (χ4v) is 8.66. The van der Waals surface area contributed by atoms with Crippen LogP contribution < -0.4 is 5.56 Å². The lowest BCUT2D eigenvalue weighted by molar-refractivity contribution is -0.576. The molecule has 4 bridgehead atoms. The van der Waals surface area contributed by atoms with Gasteiger partial charge in [-0.05, 0) is 56.4 Å². The highest BCUT2D eigenvalue weighted by Crippen LogP contribution is 2.60. The lowest BCUT2D eigenvalue weighted by atomic mass is 9.58. The van der Waals surface area contributed by atoms with Gasteiger partial charge in [0.2, 0.25) is 18.0 Å². The van der Waals surface area contributed by atoms with Crippen LogP contribution in [0.1, 0.15) is 77.3 Å². The summed E-state index contributed by atoms with van der Waals surface area (Å²) >= 11 is 0. The van der Waals surface area contributed by atoms with Crippen molar-refractivity contribution in [3.63, 3.8) is 0 Å². The molecule has 8 rings (SSSR count). The average Bonchev–Trinajstić information content (AvgIpc) is 3.16. The molecular formula is C30H40N2O8. The third-order valence-electron chi connectivity index (χ3n) is 10.7. The number of carbonyl (C=O) groups is 2. The van der Waals surface area contributed by atoms with E-state index >= 15 is 0 Å². The second-order valence-electron chi connectivity index (χ2n) is 13.3. The number of ether oxygens (including phenoxy) is 3. The fourth-order valence-electron chi connectivity index (χ4n) is 8.66. The smallest absolute Gasteiger partial charge is 0.308 e. The lowest BCUT2D eigenvalue weighted by Gasteiger charge is -2.59. The summed E-state index contributed by atoms with van der Waals surface area (Å²) in [4.78, 5) is 52.3. The van der Waals surface area contributed by atoms with Gasteiger partial charge in [-0.25, -0.2) is 9.78 Å². The van der Waals surface area contributed by atoms with Crippen LogP contribution in [0.25, 0.3) is 0 Å². The number of hydrogen-bond donors (Lipinski definition) is 0. The van der Waals surface area contributed by atoms with Crippen molar-refractivity contribution in [2.24, 2.45) is 29.6 Å². The van der Waals surface area contributed by atoms with E-state index in [1.54, 1.807) is 12.1 Å². The molecule has 40 heavy (non-hydrogen) atoms. The van der Waals surface area contributed by atoms with Gasteiger partial charge in [-0.1, -0.05) is 19.9 Å². The first-order valence-electron chi connectivity index (χ1n) is 15.0. The molecule has 6 fully saturated rings. The quantitative estimate of drug-likeness (QED) is 0.411. The van der Waals surface area contributed by atoms with Crippen LogP contribution in [-0.2, 0) is 40.1 Å². The molecule has 0 N–H and O–H groups in total. The van der Waals surface area contributed by atoms with Gasteiger partial charge in [0.1, 0.15) is 0 Å². The zero-order chi connectivity index (χ0) is 27.8. The number of likely N-dealkylation sites (tertiary alicyclic amines) is 1. The van der Waals surface area contributed by atoms with Gasteiger partial charge in [-0.3, -0.25) is 14.4 Å². The van der Waals surface area contributed by atoms with Crippen molar-refractivity contribution in [3.8, 4) is 0 Å². The van der Waals surface area contributed by atoms with E-state index in [9.17, 15) is 14.4 Å². The highest BCUT2D eigenvalue weighted by molar-refractivity contribution is 5.81. The zero-order valence-corrected chi connectivity index (χ0v) is 23.6. The maximum atomic E-state index is 13.2. The molecule has 218 valence electrons. The molecule has 7 heterocycles. The maximum absolute atomic E-state index is 13.2. The number of piperidine rings is 1. The number of esters is 1. The second kappa shape index (κ2) is 9.64. The topological polar surface area (TPSA) is 106 Å². The Bertz CT molecular complexity index is 1250. The van der Waals surface area contributed by atoms with Crippen LogP contribution >= 0.6 is 0 Å². The first-order chi connectivity index (χ1) is 19.2. The number of amides is 1. The molecule has 0 unspecified atom stereocenters. The number of hydrogen-bond acceptors (Lipinski definition) is 8. The Morgan fingerprint density at radius 1 is 1.05 bits per heavy atom. The molecule has 1 aliphatic carbocycles. The van der Waals surface area contributed by atoms with Crippen LogP contribution in [0.2, 0.25) is 0 Å². The van der Waals surface area contributed by atoms with Crippen LogP contribution in [0, 0.1) is 29.6 Å². The van der Waals surface area contributed by atoms with Crippen LogP contribution in [0.5, 0.6) is 0 Å². The zero-order valence-electron chi connectivity index (χ0n) is 23.6. The molecule has 1 aromatic heterocycles. The molecule has 1 amide bonds. The van der Waals surface area contributed by atoms with E-state index in [0.29, 0.717) is 25.6 Å². The summed E-state index contributed by atoms with van der Waals surface area (Å²) in [7, 11) is 0. The molecule has 10 nitrogen and oxygen atoms in total. The van der Waals surface area contributed by atoms with Crippen LogP contribution in [0.4, 0.5) is 0 Å². The predicted molar refractivity (Wildman–Crippen MR) is 140 cm³/mol. The number of carbonyl (C=O) groups excluding carboxylic acids is 2. The van der Waals surface area contributed by atoms with Crippen molar-refractivity contribution in [1.29, 1.82) is 0 Å². The van der Waals surface area contributed by atoms with Crippen molar-refractivity contribution in [2.75, 3.05) is 13.1 Å². The molecule has 6 aliphatic heterocycles. The summed E-state index contributed by atoms with van der Waals surface area (Å²) in [5.41, 5.74) is 0.314. The van der Waals surface area contributed by atoms with Crippen molar-refractivity contribution >= 4 is 11.9 Å². The Morgan fingerprint density at radius 3 is 2.75 bits per heavy atom. The number of aromatic nitrogens is 1. The number of rotatable bonds is 4. The molecule has 10 atom stereocenters. The molecule has 10 heteroatoms. The van der Waals surface area contributed by atoms with E-state index in [1.165, 1.54) is 0 Å². The van der Waals surface area contributed by atoms with Crippen molar-refractivity contribution in [2.45, 2.75) is 102 Å². The average molecular weight is 557 g/mol. The number of fused-ring (bicyclic) bond motifs is 6. The molecule has 0 radical (unpaired) electrons. The Balaban J connectivity index is 0.990. The standard InChI is InChI=1S/C30H40N2O8/c1-17-7-8-22-18(2)27(37-28-30(22)21(17)11-12-29(3,38-28)39-40-30)36-26(35)10-9-24(33)31-14-19-13-20(16-31)23-5-4-6-25(34)32(23)15-19/h4-6,17-22,27-28H,7-16H2,1-3H3/t17-,18-,19-,20+,21+,22-,27-,28-,29+,30-/m1/s1. The summed E-state index contributed by atoms with van der Waals surface area (Å²) in [5, 5.41) is 0. The van der Waals surface area contributed by atoms with Gasteiger partial charge in [0.25, 0.3) is 5.56 Å². The maximum Gasteiger partial charge on any atom is 0.308 e. The predicted octanol–water partition coefficient (Wildman–Crippen LogP) is 3.33. The molecule has 1 spiro atoms. The SMILES string of the molecule is C[C@H]1[C@H](OC(=O)CCC(=O)N2C[C@H]3C[C@@H](C2)c2cccc(=O)n2C3)O[C@@H]2O[C@]3(C)CC[C@H]4[C@H](C)CC[C@H]1[C@@]24OO3. The molecule has 7 aliphatic rings. The van der Waals surface area contributed by atoms with E-state index in [0.717, 1.165) is 37.8 Å². The van der Waals surface area contributed by atoms with Crippen LogP contribution in [0.15, 0.2) is 23.0 Å². The van der Waals surface area contributed by atoms with Gasteiger partial charge in [0.05, 0.1) is 6.42 Å². The van der Waals surface area contributed by atoms with Crippen LogP contribution in [-0.4, -0.2) is 58.4 Å². The summed E-state index contributed by atoms with van der Waals surface area (Å²) in [6.45, 7) is 7.99. The molecule has 0 aromatic carbocycles. The summed E-state index contributed by atoms with van der Waals surface area (Å²) < 4.78 is 20.4. The first-order valence-corrected chi connectivity index (χ1v) is 15.0. The Labute approximate surface area is 234 Å². The second-order valence-corrected chi connectivity index (χ2v) is 13.3. The molecule has 5 saturated heterocycles. The third-order valence-corrected chi connectivity index (χ3v) is 10.7. The van der Waals surface area contributed by atoms with Gasteiger partial charge in [0, 0.05) is 62.0 Å². The van der Waals surface area contributed by atoms with Gasteiger partial charge in [0.15, 0.2) is 11.9 Å². The fraction of sp³-hybridized carbons (Fsp3) is 0.767. The minimum atomic E-state index is -0.889. The highest BCUT2D eigenvalue weighted by atomic mass is 17.3. The van der Waals surface area contributed by atoms with E-state index in [2.05, 4.69) is 6.92 Å². The summed E-state index contributed by atoms with van der Waals surface area (Å²) in [6, 6.07) is 5.37. The van der Waals surface area contributed by atoms with Crippen molar-refractivity contribution in [3.05, 3.63) is 34.2 Å². The highest BCUT2D eigenvalue weighted by Gasteiger charge is 2.69. The Morgan fingerprint density at radius 2 is 1.90 bits per heavy atom. The Kier molecular flexibility index (Phi) is 6.42. The van der Waals surface area contributed by atoms with Crippen molar-refractivity contribution < 1.29 is 33.6 Å². The number of nitrogens with zero attached hydrogens (tertiary/aromatic N) is 2. The number of pyridine rings is 1. The third kappa shape index (κ3) is 4.16. The Hall–Kier alpha value is -2.27. The lowest BCUT2D eigenvalue weighted by Crippen LogP contribution is -2.70. The summed E-state index contributed by atoms with van der Waals surface area (Å²) in [6.07, 6.45) is 3.26. The van der Waals surface area contributed by atoms with E-state index < -0.39 is 29.9 Å². The molecule has 1 saturated carbocycles. The van der Waals surface area contributed by atoms with Gasteiger partial charge >= 0.3 is 5.97 Å². The monoisotopic (exact) mass is 556 g/mol. The minimum Gasteiger partial charge on any atom is -0.435 e. The largest absolute Gasteiger partial charge is 0.435 e. The first kappa shape index (κ1) is 26.6. The van der Waals surface area contributed by atoms with E-state index in [-0.39, 0.29) is 53.9 Å². The van der Waals surface area contributed by atoms with Crippen molar-refractivity contribution in [1.82, 2.24) is 9.47 Å². The van der Waals surface area contributed by atoms with Gasteiger partial charge in [-0.2, -0.15) is 0 Å². The normalized spacial score (nSPS) is 43.3. The molecular weight excluding hydrogens is 516 g/mol.